The summed E-state index contributed by atoms with van der Waals surface area (Å²) in [7, 11) is 2.95. The van der Waals surface area contributed by atoms with Crippen LogP contribution in [0.4, 0.5) is 10.5 Å². The molecule has 1 saturated heterocycles. The van der Waals surface area contributed by atoms with Crippen molar-refractivity contribution in [2.45, 2.75) is 6.92 Å². The van der Waals surface area contributed by atoms with Crippen LogP contribution in [-0.2, 0) is 9.59 Å². The minimum atomic E-state index is -0.788. The highest BCUT2D eigenvalue weighted by molar-refractivity contribution is 6.39. The van der Waals surface area contributed by atoms with Crippen molar-refractivity contribution in [1.82, 2.24) is 5.32 Å². The van der Waals surface area contributed by atoms with Crippen LogP contribution in [0.1, 0.15) is 11.1 Å². The van der Waals surface area contributed by atoms with Gasteiger partial charge in [-0.15, -0.1) is 0 Å². The molecule has 0 radical (unpaired) electrons. The summed E-state index contributed by atoms with van der Waals surface area (Å²) < 4.78 is 10.6. The standard InChI is InChI=1S/C20H18N2O5/c1-12-7-9-14(10-8-12)22-19(24)15(18(23)21-20(22)25)11-13-5-4-6-16(26-2)17(13)27-3/h4-11H,1-3H3,(H,21,23,25). The fourth-order valence-corrected chi connectivity index (χ4v) is 2.77. The molecule has 27 heavy (non-hydrogen) atoms. The first kappa shape index (κ1) is 18.2. The number of aryl methyl sites for hydroxylation is 1. The average Bonchev–Trinajstić information content (AvgIpc) is 2.66. The zero-order valence-corrected chi connectivity index (χ0v) is 15.1. The maximum Gasteiger partial charge on any atom is 0.335 e. The lowest BCUT2D eigenvalue weighted by molar-refractivity contribution is -0.122. The molecule has 4 amide bonds. The van der Waals surface area contributed by atoms with E-state index in [9.17, 15) is 14.4 Å². The van der Waals surface area contributed by atoms with Crippen molar-refractivity contribution >= 4 is 29.6 Å². The van der Waals surface area contributed by atoms with E-state index in [0.717, 1.165) is 10.5 Å². The number of carbonyl (C=O) groups is 3. The number of methoxy groups -OCH3 is 2. The minimum Gasteiger partial charge on any atom is -0.493 e. The molecule has 2 aromatic rings. The fraction of sp³-hybridized carbons (Fsp3) is 0.150. The molecule has 2 aromatic carbocycles. The van der Waals surface area contributed by atoms with E-state index in [0.29, 0.717) is 22.7 Å². The van der Waals surface area contributed by atoms with Gasteiger partial charge in [0.25, 0.3) is 11.8 Å². The normalized spacial score (nSPS) is 15.7. The molecule has 7 heteroatoms. The average molecular weight is 366 g/mol. The first-order valence-electron chi connectivity index (χ1n) is 8.15. The van der Waals surface area contributed by atoms with E-state index in [2.05, 4.69) is 5.32 Å². The summed E-state index contributed by atoms with van der Waals surface area (Å²) in [5.74, 6) is -0.635. The number of nitrogens with zero attached hydrogens (tertiary/aromatic N) is 1. The van der Waals surface area contributed by atoms with E-state index in [-0.39, 0.29) is 5.57 Å². The Kier molecular flexibility index (Phi) is 4.94. The first-order valence-corrected chi connectivity index (χ1v) is 8.15. The number of para-hydroxylation sites is 1. The Morgan fingerprint density at radius 1 is 0.963 bits per heavy atom. The van der Waals surface area contributed by atoms with Gasteiger partial charge in [-0.3, -0.25) is 14.9 Å². The Balaban J connectivity index is 2.06. The summed E-state index contributed by atoms with van der Waals surface area (Å²) in [6.07, 6.45) is 1.38. The van der Waals surface area contributed by atoms with E-state index in [1.807, 2.05) is 6.92 Å². The van der Waals surface area contributed by atoms with Crippen molar-refractivity contribution in [2.75, 3.05) is 19.1 Å². The van der Waals surface area contributed by atoms with Crippen LogP contribution < -0.4 is 19.7 Å². The van der Waals surface area contributed by atoms with Gasteiger partial charge in [0.15, 0.2) is 11.5 Å². The van der Waals surface area contributed by atoms with Crippen molar-refractivity contribution in [3.63, 3.8) is 0 Å². The second-order valence-corrected chi connectivity index (χ2v) is 5.88. The number of imide groups is 2. The third kappa shape index (κ3) is 3.39. The molecule has 7 nitrogen and oxygen atoms in total. The predicted octanol–water partition coefficient (Wildman–Crippen LogP) is 2.68. The predicted molar refractivity (Wildman–Crippen MR) is 99.7 cm³/mol. The molecule has 0 aromatic heterocycles. The van der Waals surface area contributed by atoms with Gasteiger partial charge in [-0.1, -0.05) is 29.8 Å². The highest BCUT2D eigenvalue weighted by Crippen LogP contribution is 2.33. The zero-order chi connectivity index (χ0) is 19.6. The number of hydrogen-bond donors (Lipinski definition) is 1. The summed E-state index contributed by atoms with van der Waals surface area (Å²) >= 11 is 0. The van der Waals surface area contributed by atoms with Crippen molar-refractivity contribution in [2.24, 2.45) is 0 Å². The molecular weight excluding hydrogens is 348 g/mol. The van der Waals surface area contributed by atoms with Gasteiger partial charge in [-0.2, -0.15) is 0 Å². The Bertz CT molecular complexity index is 947. The van der Waals surface area contributed by atoms with E-state index >= 15 is 0 Å². The number of urea groups is 1. The third-order valence-corrected chi connectivity index (χ3v) is 4.13. The van der Waals surface area contributed by atoms with Crippen LogP contribution in [-0.4, -0.2) is 32.1 Å². The molecule has 0 spiro atoms. The number of anilines is 1. The molecular formula is C20H18N2O5. The second kappa shape index (κ2) is 7.33. The van der Waals surface area contributed by atoms with Crippen molar-refractivity contribution in [1.29, 1.82) is 0 Å². The molecule has 0 atom stereocenters. The lowest BCUT2D eigenvalue weighted by Crippen LogP contribution is -2.54. The zero-order valence-electron chi connectivity index (χ0n) is 15.1. The number of barbiturate groups is 1. The number of benzene rings is 2. The van der Waals surface area contributed by atoms with E-state index in [1.54, 1.807) is 42.5 Å². The van der Waals surface area contributed by atoms with Crippen LogP contribution in [0.5, 0.6) is 11.5 Å². The molecule has 138 valence electrons. The molecule has 1 N–H and O–H groups in total. The van der Waals surface area contributed by atoms with Crippen molar-refractivity contribution < 1.29 is 23.9 Å². The Labute approximate surface area is 156 Å². The summed E-state index contributed by atoms with van der Waals surface area (Å²) in [4.78, 5) is 38.3. The van der Waals surface area contributed by atoms with Gasteiger partial charge in [0.1, 0.15) is 5.57 Å². The van der Waals surface area contributed by atoms with Gasteiger partial charge in [-0.05, 0) is 31.2 Å². The molecule has 1 aliphatic heterocycles. The number of hydrogen-bond acceptors (Lipinski definition) is 5. The highest BCUT2D eigenvalue weighted by Gasteiger charge is 2.37. The fourth-order valence-electron chi connectivity index (χ4n) is 2.77. The molecule has 0 unspecified atom stereocenters. The Morgan fingerprint density at radius 3 is 2.30 bits per heavy atom. The first-order chi connectivity index (χ1) is 13.0. The van der Waals surface area contributed by atoms with Crippen LogP contribution in [0.25, 0.3) is 6.08 Å². The van der Waals surface area contributed by atoms with Gasteiger partial charge < -0.3 is 9.47 Å². The molecule has 0 aliphatic carbocycles. The third-order valence-electron chi connectivity index (χ3n) is 4.13. The Morgan fingerprint density at radius 2 is 1.67 bits per heavy atom. The molecule has 1 heterocycles. The van der Waals surface area contributed by atoms with Gasteiger partial charge in [0.2, 0.25) is 0 Å². The van der Waals surface area contributed by atoms with Crippen LogP contribution in [0.15, 0.2) is 48.0 Å². The van der Waals surface area contributed by atoms with Gasteiger partial charge in [-0.25, -0.2) is 9.69 Å². The summed E-state index contributed by atoms with van der Waals surface area (Å²) in [6.45, 7) is 1.89. The number of carbonyl (C=O) groups excluding carboxylic acids is 3. The number of amides is 4. The largest absolute Gasteiger partial charge is 0.493 e. The smallest absolute Gasteiger partial charge is 0.335 e. The summed E-state index contributed by atoms with van der Waals surface area (Å²) in [5.41, 5.74) is 1.66. The maximum absolute atomic E-state index is 12.9. The monoisotopic (exact) mass is 366 g/mol. The second-order valence-electron chi connectivity index (χ2n) is 5.88. The van der Waals surface area contributed by atoms with Crippen molar-refractivity contribution in [3.05, 3.63) is 59.2 Å². The summed E-state index contributed by atoms with van der Waals surface area (Å²) in [6, 6.07) is 11.2. The number of ether oxygens (including phenoxy) is 2. The van der Waals surface area contributed by atoms with Gasteiger partial charge in [0, 0.05) is 5.56 Å². The quantitative estimate of drug-likeness (QED) is 0.664. The van der Waals surface area contributed by atoms with Crippen molar-refractivity contribution in [3.8, 4) is 11.5 Å². The topological polar surface area (TPSA) is 84.9 Å². The molecule has 0 saturated carbocycles. The SMILES string of the molecule is COc1cccc(C=C2C(=O)NC(=O)N(c3ccc(C)cc3)C2=O)c1OC. The van der Waals surface area contributed by atoms with Crippen LogP contribution in [0.3, 0.4) is 0 Å². The molecule has 0 bridgehead atoms. The van der Waals surface area contributed by atoms with Crippen LogP contribution in [0, 0.1) is 6.92 Å². The van der Waals surface area contributed by atoms with E-state index in [4.69, 9.17) is 9.47 Å². The highest BCUT2D eigenvalue weighted by atomic mass is 16.5. The molecule has 1 aliphatic rings. The maximum atomic E-state index is 12.9. The minimum absolute atomic E-state index is 0.179. The molecule has 3 rings (SSSR count). The van der Waals surface area contributed by atoms with Crippen LogP contribution in [0.2, 0.25) is 0 Å². The Hall–Kier alpha value is -3.61. The lowest BCUT2D eigenvalue weighted by Gasteiger charge is -2.26. The molecule has 1 fully saturated rings. The summed E-state index contributed by atoms with van der Waals surface area (Å²) in [5, 5.41) is 2.20. The van der Waals surface area contributed by atoms with Crippen LogP contribution >= 0.6 is 0 Å². The van der Waals surface area contributed by atoms with E-state index in [1.165, 1.54) is 20.3 Å². The van der Waals surface area contributed by atoms with Gasteiger partial charge >= 0.3 is 6.03 Å². The lowest BCUT2D eigenvalue weighted by atomic mass is 10.1. The number of nitrogens with one attached hydrogen (secondary N) is 1. The van der Waals surface area contributed by atoms with E-state index < -0.39 is 17.8 Å². The van der Waals surface area contributed by atoms with Gasteiger partial charge in [0.05, 0.1) is 19.9 Å². The number of rotatable bonds is 4.